The minimum Gasteiger partial charge on any atom is -0.462 e. The van der Waals surface area contributed by atoms with Gasteiger partial charge in [-0.3, -0.25) is 0 Å². The normalized spacial score (nSPS) is 11.4. The van der Waals surface area contributed by atoms with Gasteiger partial charge in [-0.25, -0.2) is 4.79 Å². The van der Waals surface area contributed by atoms with Gasteiger partial charge in [0.15, 0.2) is 0 Å². The zero-order valence-electron chi connectivity index (χ0n) is 12.3. The lowest BCUT2D eigenvalue weighted by atomic mass is 9.85. The molecule has 0 aromatic carbocycles. The number of aliphatic hydroxyl groups is 2. The molecule has 0 fully saturated rings. The van der Waals surface area contributed by atoms with Gasteiger partial charge < -0.3 is 14.9 Å². The number of ether oxygens (including phenoxy) is 1. The number of aliphatic hydroxyl groups excluding tert-OH is 2. The van der Waals surface area contributed by atoms with Crippen LogP contribution in [0.4, 0.5) is 0 Å². The van der Waals surface area contributed by atoms with Crippen molar-refractivity contribution in [2.45, 2.75) is 52.4 Å². The third-order valence-corrected chi connectivity index (χ3v) is 3.34. The van der Waals surface area contributed by atoms with Crippen LogP contribution in [-0.4, -0.2) is 36.0 Å². The molecular weight excluding hydrogens is 244 g/mol. The average Bonchev–Trinajstić information content (AvgIpc) is 2.42. The molecule has 0 spiro atoms. The quantitative estimate of drug-likeness (QED) is 0.344. The first-order chi connectivity index (χ1) is 9.01. The molecule has 0 unspecified atom stereocenters. The van der Waals surface area contributed by atoms with E-state index >= 15 is 0 Å². The first-order valence-corrected chi connectivity index (χ1v) is 7.05. The summed E-state index contributed by atoms with van der Waals surface area (Å²) in [6.45, 7) is 6.92. The summed E-state index contributed by atoms with van der Waals surface area (Å²) in [5.74, 6) is -0.475. The Labute approximate surface area is 116 Å². The lowest BCUT2D eigenvalue weighted by molar-refractivity contribution is -0.145. The van der Waals surface area contributed by atoms with Crippen LogP contribution in [0, 0.1) is 5.41 Å². The lowest BCUT2D eigenvalue weighted by Crippen LogP contribution is -2.36. The largest absolute Gasteiger partial charge is 0.462 e. The number of esters is 1. The van der Waals surface area contributed by atoms with Crippen molar-refractivity contribution in [2.24, 2.45) is 5.41 Å². The Hall–Kier alpha value is -0.870. The first-order valence-electron chi connectivity index (χ1n) is 7.05. The van der Waals surface area contributed by atoms with Crippen LogP contribution in [0.3, 0.4) is 0 Å². The predicted molar refractivity (Wildman–Crippen MR) is 75.8 cm³/mol. The first kappa shape index (κ1) is 18.1. The Bertz CT molecular complexity index is 269. The molecule has 0 rings (SSSR count). The molecule has 0 aliphatic carbocycles. The third kappa shape index (κ3) is 7.33. The summed E-state index contributed by atoms with van der Waals surface area (Å²) in [4.78, 5) is 11.4. The molecule has 0 saturated heterocycles. The van der Waals surface area contributed by atoms with E-state index < -0.39 is 11.4 Å². The van der Waals surface area contributed by atoms with E-state index in [0.717, 1.165) is 19.3 Å². The highest BCUT2D eigenvalue weighted by atomic mass is 16.5. The number of carbonyl (C=O) groups is 1. The number of unbranched alkanes of at least 4 members (excludes halogenated alkanes) is 4. The topological polar surface area (TPSA) is 66.8 Å². The second-order valence-electron chi connectivity index (χ2n) is 5.34. The molecule has 0 bridgehead atoms. The number of hydrogen-bond donors (Lipinski definition) is 2. The van der Waals surface area contributed by atoms with E-state index in [4.69, 9.17) is 4.74 Å². The fraction of sp³-hybridized carbons (Fsp3) is 0.800. The fourth-order valence-corrected chi connectivity index (χ4v) is 1.82. The minimum absolute atomic E-state index is 0.0411. The molecule has 0 aliphatic rings. The standard InChI is InChI=1S/C15H28O4/c1-4-5-6-7-8-9-15(10-16,11-17)12-19-14(18)13(2)3/h16-17H,2,4-12H2,1,3H3. The highest BCUT2D eigenvalue weighted by molar-refractivity contribution is 5.86. The van der Waals surface area contributed by atoms with E-state index in [1.807, 2.05) is 0 Å². The third-order valence-electron chi connectivity index (χ3n) is 3.34. The van der Waals surface area contributed by atoms with Gasteiger partial charge in [0.2, 0.25) is 0 Å². The maximum absolute atomic E-state index is 11.4. The highest BCUT2D eigenvalue weighted by Crippen LogP contribution is 2.25. The van der Waals surface area contributed by atoms with Crippen LogP contribution in [0.5, 0.6) is 0 Å². The van der Waals surface area contributed by atoms with Gasteiger partial charge in [0, 0.05) is 5.57 Å². The van der Waals surface area contributed by atoms with Crippen molar-refractivity contribution in [1.29, 1.82) is 0 Å². The Kier molecular flexibility index (Phi) is 9.53. The molecule has 0 saturated carbocycles. The van der Waals surface area contributed by atoms with Crippen molar-refractivity contribution in [3.8, 4) is 0 Å². The van der Waals surface area contributed by atoms with E-state index in [1.165, 1.54) is 12.8 Å². The van der Waals surface area contributed by atoms with Crippen LogP contribution < -0.4 is 0 Å². The second kappa shape index (κ2) is 9.98. The van der Waals surface area contributed by atoms with Crippen molar-refractivity contribution >= 4 is 5.97 Å². The Morgan fingerprint density at radius 2 is 1.74 bits per heavy atom. The van der Waals surface area contributed by atoms with E-state index in [2.05, 4.69) is 13.5 Å². The molecular formula is C15H28O4. The number of hydrogen-bond acceptors (Lipinski definition) is 4. The van der Waals surface area contributed by atoms with Gasteiger partial charge >= 0.3 is 5.97 Å². The van der Waals surface area contributed by atoms with Crippen LogP contribution in [-0.2, 0) is 9.53 Å². The lowest BCUT2D eigenvalue weighted by Gasteiger charge is -2.29. The minimum atomic E-state index is -0.725. The molecule has 0 aromatic rings. The molecule has 0 radical (unpaired) electrons. The molecule has 0 amide bonds. The molecule has 0 aliphatic heterocycles. The summed E-state index contributed by atoms with van der Waals surface area (Å²) in [5, 5.41) is 18.9. The summed E-state index contributed by atoms with van der Waals surface area (Å²) in [5.41, 5.74) is -0.398. The van der Waals surface area contributed by atoms with E-state index in [9.17, 15) is 15.0 Å². The van der Waals surface area contributed by atoms with Gasteiger partial charge in [-0.15, -0.1) is 0 Å². The highest BCUT2D eigenvalue weighted by Gasteiger charge is 2.30. The maximum atomic E-state index is 11.4. The summed E-state index contributed by atoms with van der Waals surface area (Å²) >= 11 is 0. The van der Waals surface area contributed by atoms with Crippen LogP contribution in [0.15, 0.2) is 12.2 Å². The maximum Gasteiger partial charge on any atom is 0.333 e. The van der Waals surface area contributed by atoms with Gasteiger partial charge in [-0.2, -0.15) is 0 Å². The molecule has 0 heterocycles. The molecule has 0 aromatic heterocycles. The van der Waals surface area contributed by atoms with Crippen molar-refractivity contribution in [3.63, 3.8) is 0 Å². The van der Waals surface area contributed by atoms with E-state index in [-0.39, 0.29) is 19.8 Å². The van der Waals surface area contributed by atoms with Gasteiger partial charge in [0.05, 0.1) is 18.6 Å². The van der Waals surface area contributed by atoms with Crippen LogP contribution in [0.1, 0.15) is 52.4 Å². The second-order valence-corrected chi connectivity index (χ2v) is 5.34. The molecule has 4 heteroatoms. The van der Waals surface area contributed by atoms with E-state index in [0.29, 0.717) is 12.0 Å². The van der Waals surface area contributed by atoms with Gasteiger partial charge in [-0.1, -0.05) is 45.6 Å². The number of rotatable bonds is 11. The Balaban J connectivity index is 4.18. The van der Waals surface area contributed by atoms with Crippen molar-refractivity contribution in [3.05, 3.63) is 12.2 Å². The molecule has 19 heavy (non-hydrogen) atoms. The van der Waals surface area contributed by atoms with Gasteiger partial charge in [0.25, 0.3) is 0 Å². The SMILES string of the molecule is C=C(C)C(=O)OCC(CO)(CO)CCCCCCC. The molecule has 0 atom stereocenters. The van der Waals surface area contributed by atoms with Gasteiger partial charge in [0.1, 0.15) is 6.61 Å². The summed E-state index contributed by atoms with van der Waals surface area (Å²) in [6, 6.07) is 0. The Morgan fingerprint density at radius 1 is 1.16 bits per heavy atom. The zero-order chi connectivity index (χ0) is 14.7. The van der Waals surface area contributed by atoms with Crippen LogP contribution >= 0.6 is 0 Å². The Morgan fingerprint density at radius 3 is 2.21 bits per heavy atom. The van der Waals surface area contributed by atoms with Crippen molar-refractivity contribution in [2.75, 3.05) is 19.8 Å². The molecule has 2 N–H and O–H groups in total. The van der Waals surface area contributed by atoms with Crippen LogP contribution in [0.2, 0.25) is 0 Å². The smallest absolute Gasteiger partial charge is 0.333 e. The summed E-state index contributed by atoms with van der Waals surface area (Å²) < 4.78 is 5.07. The fourth-order valence-electron chi connectivity index (χ4n) is 1.82. The van der Waals surface area contributed by atoms with E-state index in [1.54, 1.807) is 6.92 Å². The average molecular weight is 272 g/mol. The monoisotopic (exact) mass is 272 g/mol. The van der Waals surface area contributed by atoms with Crippen molar-refractivity contribution in [1.82, 2.24) is 0 Å². The van der Waals surface area contributed by atoms with Crippen LogP contribution in [0.25, 0.3) is 0 Å². The molecule has 4 nitrogen and oxygen atoms in total. The number of carbonyl (C=O) groups excluding carboxylic acids is 1. The van der Waals surface area contributed by atoms with Crippen molar-refractivity contribution < 1.29 is 19.7 Å². The van der Waals surface area contributed by atoms with Gasteiger partial charge in [-0.05, 0) is 13.3 Å². The molecule has 112 valence electrons. The summed E-state index contributed by atoms with van der Waals surface area (Å²) in [7, 11) is 0. The predicted octanol–water partition coefficient (Wildman–Crippen LogP) is 2.44. The zero-order valence-corrected chi connectivity index (χ0v) is 12.3. The summed E-state index contributed by atoms with van der Waals surface area (Å²) in [6.07, 6.45) is 6.20.